The minimum absolute atomic E-state index is 0.161. The lowest BCUT2D eigenvalue weighted by Gasteiger charge is -2.24. The van der Waals surface area contributed by atoms with Gasteiger partial charge in [-0.25, -0.2) is 4.98 Å². The molecule has 0 N–H and O–H groups in total. The Bertz CT molecular complexity index is 1260. The summed E-state index contributed by atoms with van der Waals surface area (Å²) in [5, 5.41) is 0.877. The van der Waals surface area contributed by atoms with Gasteiger partial charge in [0.25, 0.3) is 5.91 Å². The van der Waals surface area contributed by atoms with Gasteiger partial charge in [-0.3, -0.25) is 4.79 Å². The summed E-state index contributed by atoms with van der Waals surface area (Å²) in [4.78, 5) is 20.3. The Morgan fingerprint density at radius 1 is 0.969 bits per heavy atom. The van der Waals surface area contributed by atoms with Crippen LogP contribution in [0.3, 0.4) is 0 Å². The smallest absolute Gasteiger partial charge is 0.256 e. The molecule has 5 rings (SSSR count). The summed E-state index contributed by atoms with van der Waals surface area (Å²) in [5.74, 6) is 1.42. The molecule has 0 saturated heterocycles. The number of halogens is 2. The van der Waals surface area contributed by atoms with E-state index in [4.69, 9.17) is 28.2 Å². The maximum absolute atomic E-state index is 13.6. The van der Waals surface area contributed by atoms with E-state index < -0.39 is 0 Å². The van der Waals surface area contributed by atoms with Gasteiger partial charge < -0.3 is 9.47 Å². The first-order valence-electron chi connectivity index (χ1n) is 10.8. The quantitative estimate of drug-likeness (QED) is 0.309. The van der Waals surface area contributed by atoms with Gasteiger partial charge in [0, 0.05) is 18.1 Å². The van der Waals surface area contributed by atoms with Crippen molar-refractivity contribution in [2.75, 3.05) is 0 Å². The highest BCUT2D eigenvalue weighted by Crippen LogP contribution is 2.33. The van der Waals surface area contributed by atoms with Gasteiger partial charge in [0.05, 0.1) is 28.2 Å². The molecule has 6 heteroatoms. The van der Waals surface area contributed by atoms with E-state index in [2.05, 4.69) is 10.6 Å². The van der Waals surface area contributed by atoms with E-state index in [9.17, 15) is 4.79 Å². The van der Waals surface area contributed by atoms with E-state index in [1.807, 2.05) is 48.5 Å². The first-order chi connectivity index (χ1) is 15.6. The molecule has 0 spiro atoms. The highest BCUT2D eigenvalue weighted by molar-refractivity contribution is 6.35. The van der Waals surface area contributed by atoms with Crippen molar-refractivity contribution in [3.8, 4) is 0 Å². The number of hydrogen-bond acceptors (Lipinski definition) is 2. The number of imidazole rings is 1. The zero-order valence-corrected chi connectivity index (χ0v) is 19.1. The van der Waals surface area contributed by atoms with Crippen LogP contribution in [-0.4, -0.2) is 20.4 Å². The molecule has 1 saturated carbocycles. The van der Waals surface area contributed by atoms with Crippen molar-refractivity contribution >= 4 is 40.1 Å². The van der Waals surface area contributed by atoms with Crippen molar-refractivity contribution in [2.45, 2.75) is 32.5 Å². The Morgan fingerprint density at radius 2 is 1.72 bits per heavy atom. The van der Waals surface area contributed by atoms with Gasteiger partial charge >= 0.3 is 0 Å². The molecule has 4 aromatic rings. The molecule has 4 nitrogen and oxygen atoms in total. The molecule has 1 fully saturated rings. The number of benzene rings is 3. The molecule has 1 aliphatic carbocycles. The molecule has 1 heterocycles. The number of fused-ring (bicyclic) bond motifs is 1. The first kappa shape index (κ1) is 21.0. The molecule has 0 unspecified atom stereocenters. The third-order valence-corrected chi connectivity index (χ3v) is 6.43. The highest BCUT2D eigenvalue weighted by Gasteiger charge is 2.26. The zero-order chi connectivity index (χ0) is 22.1. The predicted octanol–water partition coefficient (Wildman–Crippen LogP) is 6.60. The second-order valence-corrected chi connectivity index (χ2v) is 9.19. The number of nitrogens with zero attached hydrogens (tertiary/aromatic N) is 3. The SMILES string of the molecule is O=C(c1cc(Cl)ccc1Cl)N(Cc1ccccc1)Cc1nc2ccccc2n1CC1CC1. The van der Waals surface area contributed by atoms with E-state index in [1.54, 1.807) is 23.1 Å². The van der Waals surface area contributed by atoms with Crippen LogP contribution in [0.15, 0.2) is 72.8 Å². The fraction of sp³-hybridized carbons (Fsp3) is 0.231. The number of hydrogen-bond donors (Lipinski definition) is 0. The standard InChI is InChI=1S/C26H23Cl2N3O/c27-20-12-13-22(28)21(14-20)26(32)30(15-18-6-2-1-3-7-18)17-25-29-23-8-4-5-9-24(23)31(25)16-19-10-11-19/h1-9,12-14,19H,10-11,15-17H2. The second kappa shape index (κ2) is 8.97. The van der Waals surface area contributed by atoms with Crippen LogP contribution in [0.4, 0.5) is 0 Å². The van der Waals surface area contributed by atoms with Gasteiger partial charge in [-0.2, -0.15) is 0 Å². The predicted molar refractivity (Wildman–Crippen MR) is 129 cm³/mol. The Kier molecular flexibility index (Phi) is 5.90. The maximum Gasteiger partial charge on any atom is 0.256 e. The van der Waals surface area contributed by atoms with Gasteiger partial charge in [0.2, 0.25) is 0 Å². The van der Waals surface area contributed by atoms with Crippen LogP contribution in [0.1, 0.15) is 34.6 Å². The fourth-order valence-corrected chi connectivity index (χ4v) is 4.38. The molecule has 1 aromatic heterocycles. The zero-order valence-electron chi connectivity index (χ0n) is 17.5. The summed E-state index contributed by atoms with van der Waals surface area (Å²) in [7, 11) is 0. The topological polar surface area (TPSA) is 38.1 Å². The number of amides is 1. The Labute approximate surface area is 197 Å². The molecule has 0 radical (unpaired) electrons. The van der Waals surface area contributed by atoms with Crippen LogP contribution in [0.25, 0.3) is 11.0 Å². The maximum atomic E-state index is 13.6. The number of aromatic nitrogens is 2. The average Bonchev–Trinajstić information content (AvgIpc) is 3.56. The van der Waals surface area contributed by atoms with Gasteiger partial charge in [-0.15, -0.1) is 0 Å². The number of carbonyl (C=O) groups excluding carboxylic acids is 1. The van der Waals surface area contributed by atoms with Crippen LogP contribution in [-0.2, 0) is 19.6 Å². The Hall–Kier alpha value is -2.82. The van der Waals surface area contributed by atoms with Crippen molar-refractivity contribution in [2.24, 2.45) is 5.92 Å². The summed E-state index contributed by atoms with van der Waals surface area (Å²) < 4.78 is 2.28. The lowest BCUT2D eigenvalue weighted by atomic mass is 10.1. The van der Waals surface area contributed by atoms with Crippen LogP contribution in [0, 0.1) is 5.92 Å². The highest BCUT2D eigenvalue weighted by atomic mass is 35.5. The molecule has 32 heavy (non-hydrogen) atoms. The van der Waals surface area contributed by atoms with Gasteiger partial charge in [0.15, 0.2) is 0 Å². The van der Waals surface area contributed by atoms with E-state index in [-0.39, 0.29) is 5.91 Å². The van der Waals surface area contributed by atoms with Gasteiger partial charge in [0.1, 0.15) is 5.82 Å². The minimum Gasteiger partial charge on any atom is -0.327 e. The van der Waals surface area contributed by atoms with Crippen LogP contribution in [0.2, 0.25) is 10.0 Å². The minimum atomic E-state index is -0.161. The third kappa shape index (κ3) is 4.52. The average molecular weight is 464 g/mol. The Balaban J connectivity index is 1.53. The van der Waals surface area contributed by atoms with Crippen molar-refractivity contribution in [1.29, 1.82) is 0 Å². The fourth-order valence-electron chi connectivity index (χ4n) is 4.01. The van der Waals surface area contributed by atoms with Crippen molar-refractivity contribution in [3.63, 3.8) is 0 Å². The van der Waals surface area contributed by atoms with Gasteiger partial charge in [-0.05, 0) is 54.7 Å². The summed E-state index contributed by atoms with van der Waals surface area (Å²) in [6.45, 7) is 1.77. The van der Waals surface area contributed by atoms with Crippen molar-refractivity contribution in [1.82, 2.24) is 14.5 Å². The Morgan fingerprint density at radius 3 is 2.50 bits per heavy atom. The number of carbonyl (C=O) groups is 1. The van der Waals surface area contributed by atoms with Crippen LogP contribution in [0.5, 0.6) is 0 Å². The lowest BCUT2D eigenvalue weighted by molar-refractivity contribution is 0.0724. The van der Waals surface area contributed by atoms with Crippen LogP contribution >= 0.6 is 23.2 Å². The molecule has 1 aliphatic rings. The molecule has 162 valence electrons. The largest absolute Gasteiger partial charge is 0.327 e. The second-order valence-electron chi connectivity index (χ2n) is 8.34. The molecule has 0 atom stereocenters. The normalized spacial score (nSPS) is 13.4. The first-order valence-corrected chi connectivity index (χ1v) is 11.6. The van der Waals surface area contributed by atoms with E-state index >= 15 is 0 Å². The summed E-state index contributed by atoms with van der Waals surface area (Å²) in [6, 6.07) is 23.1. The van der Waals surface area contributed by atoms with Crippen molar-refractivity contribution in [3.05, 3.63) is 99.8 Å². The number of para-hydroxylation sites is 2. The van der Waals surface area contributed by atoms with Crippen LogP contribution < -0.4 is 0 Å². The summed E-state index contributed by atoms with van der Waals surface area (Å²) in [5.41, 5.74) is 3.52. The monoisotopic (exact) mass is 463 g/mol. The summed E-state index contributed by atoms with van der Waals surface area (Å²) >= 11 is 12.6. The lowest BCUT2D eigenvalue weighted by Crippen LogP contribution is -2.31. The van der Waals surface area contributed by atoms with Gasteiger partial charge in [-0.1, -0.05) is 65.7 Å². The molecular formula is C26H23Cl2N3O. The number of rotatable bonds is 7. The molecule has 0 bridgehead atoms. The van der Waals surface area contributed by atoms with Crippen molar-refractivity contribution < 1.29 is 4.79 Å². The van der Waals surface area contributed by atoms with E-state index in [0.717, 1.165) is 29.0 Å². The van der Waals surface area contributed by atoms with E-state index in [0.29, 0.717) is 34.6 Å². The third-order valence-electron chi connectivity index (χ3n) is 5.87. The van der Waals surface area contributed by atoms with E-state index in [1.165, 1.54) is 12.8 Å². The molecule has 3 aromatic carbocycles. The molecule has 1 amide bonds. The summed E-state index contributed by atoms with van der Waals surface area (Å²) in [6.07, 6.45) is 2.49. The molecular weight excluding hydrogens is 441 g/mol. The molecule has 0 aliphatic heterocycles.